The fourth-order valence-corrected chi connectivity index (χ4v) is 2.14. The molecule has 98 valence electrons. The van der Waals surface area contributed by atoms with Crippen molar-refractivity contribution in [1.82, 2.24) is 4.98 Å². The van der Waals surface area contributed by atoms with Crippen LogP contribution in [0.25, 0.3) is 10.9 Å². The van der Waals surface area contributed by atoms with E-state index >= 15 is 0 Å². The summed E-state index contributed by atoms with van der Waals surface area (Å²) in [4.78, 5) is 2.89. The van der Waals surface area contributed by atoms with Crippen molar-refractivity contribution in [2.75, 3.05) is 6.26 Å². The van der Waals surface area contributed by atoms with E-state index in [2.05, 4.69) is 9.17 Å². The topological polar surface area (TPSA) is 68.4 Å². The number of benzene rings is 1. The molecule has 2 rings (SSSR count). The van der Waals surface area contributed by atoms with Crippen LogP contribution in [0.4, 0.5) is 4.39 Å². The molecule has 1 N–H and O–H groups in total. The minimum Gasteiger partial charge on any atom is -0.462 e. The molecule has 0 fully saturated rings. The molecule has 0 radical (unpaired) electrons. The summed E-state index contributed by atoms with van der Waals surface area (Å²) in [6.45, 7) is 1.44. The van der Waals surface area contributed by atoms with Gasteiger partial charge in [-0.1, -0.05) is 0 Å². The summed E-state index contributed by atoms with van der Waals surface area (Å²) in [5.74, 6) is -0.0655. The summed E-state index contributed by atoms with van der Waals surface area (Å²) < 4.78 is 44.9. The fourth-order valence-electron chi connectivity index (χ4n) is 1.61. The first-order chi connectivity index (χ1) is 8.35. The molecule has 0 aliphatic heterocycles. The molecule has 1 heterocycles. The quantitative estimate of drug-likeness (QED) is 0.683. The number of nitrogens with one attached hydrogen (secondary N) is 1. The maximum atomic E-state index is 13.1. The van der Waals surface area contributed by atoms with Crippen molar-refractivity contribution in [3.63, 3.8) is 0 Å². The smallest absolute Gasteiger partial charge is 0.267 e. The minimum absolute atomic E-state index is 0.334. The van der Waals surface area contributed by atoms with Crippen LogP contribution in [0.2, 0.25) is 0 Å². The van der Waals surface area contributed by atoms with Crippen LogP contribution in [-0.4, -0.2) is 25.9 Å². The van der Waals surface area contributed by atoms with Crippen molar-refractivity contribution in [2.24, 2.45) is 0 Å². The molecule has 5 nitrogen and oxygen atoms in total. The minimum atomic E-state index is -3.60. The number of fused-ring (bicyclic) bond motifs is 1. The van der Waals surface area contributed by atoms with Crippen molar-refractivity contribution in [3.05, 3.63) is 30.2 Å². The van der Waals surface area contributed by atoms with Gasteiger partial charge in [-0.3, -0.25) is 0 Å². The van der Waals surface area contributed by atoms with Gasteiger partial charge in [-0.25, -0.2) is 8.57 Å². The summed E-state index contributed by atoms with van der Waals surface area (Å²) in [7, 11) is -3.60. The van der Waals surface area contributed by atoms with Crippen LogP contribution in [0.15, 0.2) is 24.4 Å². The Morgan fingerprint density at radius 1 is 1.39 bits per heavy atom. The highest BCUT2D eigenvalue weighted by molar-refractivity contribution is 7.86. The van der Waals surface area contributed by atoms with Gasteiger partial charge in [0.15, 0.2) is 0 Å². The molecule has 1 aromatic carbocycles. The Balaban J connectivity index is 2.24. The van der Waals surface area contributed by atoms with Crippen LogP contribution in [0.3, 0.4) is 0 Å². The second-order valence-electron chi connectivity index (χ2n) is 3.83. The van der Waals surface area contributed by atoms with E-state index < -0.39 is 22.2 Å². The Morgan fingerprint density at radius 2 is 2.11 bits per heavy atom. The summed E-state index contributed by atoms with van der Waals surface area (Å²) in [6, 6.07) is 4.19. The molecular formula is C11H12FNO4S. The first-order valence-corrected chi connectivity index (χ1v) is 6.98. The molecule has 2 aromatic rings. The average molecular weight is 273 g/mol. The lowest BCUT2D eigenvalue weighted by Gasteiger charge is -2.12. The first-order valence-electron chi connectivity index (χ1n) is 5.17. The summed E-state index contributed by atoms with van der Waals surface area (Å²) in [5.41, 5.74) is 0.693. The molecule has 1 unspecified atom stereocenters. The molecule has 7 heteroatoms. The number of hydrogen-bond acceptors (Lipinski definition) is 4. The predicted molar refractivity (Wildman–Crippen MR) is 64.3 cm³/mol. The maximum absolute atomic E-state index is 13.1. The zero-order valence-electron chi connectivity index (χ0n) is 9.81. The first kappa shape index (κ1) is 12.8. The van der Waals surface area contributed by atoms with Crippen molar-refractivity contribution < 1.29 is 21.7 Å². The number of ether oxygens (including phenoxy) is 1. The van der Waals surface area contributed by atoms with Gasteiger partial charge in [0.2, 0.25) is 6.29 Å². The normalized spacial score (nSPS) is 13.7. The summed E-state index contributed by atoms with van der Waals surface area (Å²) >= 11 is 0. The van der Waals surface area contributed by atoms with E-state index in [0.717, 1.165) is 6.26 Å². The molecule has 1 atom stereocenters. The average Bonchev–Trinajstić information content (AvgIpc) is 2.58. The van der Waals surface area contributed by atoms with E-state index in [0.29, 0.717) is 16.7 Å². The van der Waals surface area contributed by atoms with E-state index in [4.69, 9.17) is 4.74 Å². The molecule has 18 heavy (non-hydrogen) atoms. The van der Waals surface area contributed by atoms with Crippen LogP contribution in [0, 0.1) is 5.82 Å². The second-order valence-corrected chi connectivity index (χ2v) is 5.43. The third kappa shape index (κ3) is 2.99. The van der Waals surface area contributed by atoms with Gasteiger partial charge < -0.3 is 9.72 Å². The van der Waals surface area contributed by atoms with Gasteiger partial charge in [-0.15, -0.1) is 0 Å². The molecule has 0 spiro atoms. The van der Waals surface area contributed by atoms with Crippen molar-refractivity contribution in [1.29, 1.82) is 0 Å². The van der Waals surface area contributed by atoms with E-state index in [1.807, 2.05) is 0 Å². The highest BCUT2D eigenvalue weighted by atomic mass is 32.2. The van der Waals surface area contributed by atoms with Gasteiger partial charge in [0.1, 0.15) is 11.6 Å². The molecule has 0 saturated heterocycles. The largest absolute Gasteiger partial charge is 0.462 e. The third-order valence-electron chi connectivity index (χ3n) is 2.21. The fraction of sp³-hybridized carbons (Fsp3) is 0.273. The lowest BCUT2D eigenvalue weighted by atomic mass is 10.2. The lowest BCUT2D eigenvalue weighted by Crippen LogP contribution is -2.20. The van der Waals surface area contributed by atoms with Crippen molar-refractivity contribution in [2.45, 2.75) is 13.2 Å². The highest BCUT2D eigenvalue weighted by Gasteiger charge is 2.14. The SMILES string of the molecule is CC(Oc1c[nH]c2ccc(F)cc12)OS(C)(=O)=O. The van der Waals surface area contributed by atoms with Crippen molar-refractivity contribution in [3.8, 4) is 5.75 Å². The number of halogens is 1. The summed E-state index contributed by atoms with van der Waals surface area (Å²) in [6.07, 6.45) is 1.47. The van der Waals surface area contributed by atoms with Crippen LogP contribution in [-0.2, 0) is 14.3 Å². The zero-order chi connectivity index (χ0) is 13.3. The molecule has 0 aliphatic carbocycles. The maximum Gasteiger partial charge on any atom is 0.267 e. The highest BCUT2D eigenvalue weighted by Crippen LogP contribution is 2.27. The number of hydrogen-bond donors (Lipinski definition) is 1. The predicted octanol–water partition coefficient (Wildman–Crippen LogP) is 2.01. The number of aromatic nitrogens is 1. The molecule has 0 saturated carbocycles. The van der Waals surface area contributed by atoms with E-state index in [9.17, 15) is 12.8 Å². The molecule has 0 bridgehead atoms. The number of H-pyrrole nitrogens is 1. The Bertz CT molecular complexity index is 665. The Morgan fingerprint density at radius 3 is 2.78 bits per heavy atom. The Hall–Kier alpha value is -1.60. The Labute approximate surface area is 104 Å². The standard InChI is InChI=1S/C11H12FNO4S/c1-7(17-18(2,14)15)16-11-6-13-10-4-3-8(12)5-9(10)11/h3-7,13H,1-2H3. The summed E-state index contributed by atoms with van der Waals surface area (Å²) in [5, 5.41) is 0.527. The lowest BCUT2D eigenvalue weighted by molar-refractivity contribution is 0.0303. The van der Waals surface area contributed by atoms with Gasteiger partial charge in [-0.05, 0) is 25.1 Å². The van der Waals surface area contributed by atoms with Gasteiger partial charge >= 0.3 is 0 Å². The zero-order valence-corrected chi connectivity index (χ0v) is 10.6. The van der Waals surface area contributed by atoms with Gasteiger partial charge in [0.25, 0.3) is 10.1 Å². The van der Waals surface area contributed by atoms with Crippen LogP contribution in [0.5, 0.6) is 5.75 Å². The van der Waals surface area contributed by atoms with E-state index in [1.54, 1.807) is 6.07 Å². The van der Waals surface area contributed by atoms with Gasteiger partial charge in [0, 0.05) is 17.1 Å². The third-order valence-corrected chi connectivity index (χ3v) is 2.83. The van der Waals surface area contributed by atoms with Crippen LogP contribution >= 0.6 is 0 Å². The molecule has 1 aromatic heterocycles. The van der Waals surface area contributed by atoms with Crippen molar-refractivity contribution >= 4 is 21.0 Å². The molecule has 0 amide bonds. The number of rotatable bonds is 4. The van der Waals surface area contributed by atoms with E-state index in [-0.39, 0.29) is 0 Å². The van der Waals surface area contributed by atoms with Gasteiger partial charge in [-0.2, -0.15) is 8.42 Å². The van der Waals surface area contributed by atoms with Crippen LogP contribution < -0.4 is 4.74 Å². The molecular weight excluding hydrogens is 261 g/mol. The monoisotopic (exact) mass is 273 g/mol. The van der Waals surface area contributed by atoms with Crippen LogP contribution in [0.1, 0.15) is 6.92 Å². The molecule has 0 aliphatic rings. The number of aromatic amines is 1. The van der Waals surface area contributed by atoms with E-state index in [1.165, 1.54) is 25.3 Å². The van der Waals surface area contributed by atoms with Gasteiger partial charge in [0.05, 0.1) is 6.26 Å². The Kier molecular flexibility index (Phi) is 3.27. The second kappa shape index (κ2) is 4.58.